The van der Waals surface area contributed by atoms with Crippen LogP contribution in [0, 0.1) is 18.3 Å². The minimum absolute atomic E-state index is 0.731. The topological polar surface area (TPSA) is 28.7 Å². The Morgan fingerprint density at radius 2 is 2.20 bits per heavy atom. The van der Waals surface area contributed by atoms with Crippen molar-refractivity contribution < 1.29 is 0 Å². The van der Waals surface area contributed by atoms with Gasteiger partial charge < -0.3 is 4.57 Å². The van der Waals surface area contributed by atoms with E-state index in [1.54, 1.807) is 0 Å². The molecule has 2 aromatic rings. The van der Waals surface area contributed by atoms with Gasteiger partial charge in [-0.25, -0.2) is 0 Å². The number of benzene rings is 1. The van der Waals surface area contributed by atoms with E-state index in [9.17, 15) is 0 Å². The van der Waals surface area contributed by atoms with Gasteiger partial charge in [0, 0.05) is 22.6 Å². The third-order valence-electron chi connectivity index (χ3n) is 2.60. The zero-order valence-corrected chi connectivity index (χ0v) is 10.3. The zero-order valence-electron chi connectivity index (χ0n) is 8.71. The van der Waals surface area contributed by atoms with Crippen molar-refractivity contribution in [1.29, 1.82) is 5.26 Å². The van der Waals surface area contributed by atoms with Crippen LogP contribution in [0.5, 0.6) is 0 Å². The van der Waals surface area contributed by atoms with E-state index < -0.39 is 0 Å². The Hall–Kier alpha value is -1.27. The second kappa shape index (κ2) is 3.71. The summed E-state index contributed by atoms with van der Waals surface area (Å²) in [6.07, 6.45) is 2.10. The molecule has 0 saturated heterocycles. The molecule has 0 N–H and O–H groups in total. The van der Waals surface area contributed by atoms with Crippen molar-refractivity contribution in [2.24, 2.45) is 0 Å². The molecule has 0 spiro atoms. The molecule has 1 aromatic carbocycles. The van der Waals surface area contributed by atoms with Crippen LogP contribution >= 0.6 is 15.9 Å². The normalized spacial score (nSPS) is 10.5. The molecule has 0 unspecified atom stereocenters. The van der Waals surface area contributed by atoms with Gasteiger partial charge in [-0.2, -0.15) is 5.26 Å². The minimum atomic E-state index is 0.731. The Bertz CT molecular complexity index is 561. The molecule has 0 atom stereocenters. The van der Waals surface area contributed by atoms with Crippen molar-refractivity contribution in [2.75, 3.05) is 0 Å². The summed E-state index contributed by atoms with van der Waals surface area (Å²) >= 11 is 3.43. The third kappa shape index (κ3) is 1.55. The van der Waals surface area contributed by atoms with E-state index in [2.05, 4.69) is 52.7 Å². The van der Waals surface area contributed by atoms with Crippen LogP contribution in [0.3, 0.4) is 0 Å². The molecule has 0 aliphatic rings. The summed E-state index contributed by atoms with van der Waals surface area (Å²) in [4.78, 5) is 0. The minimum Gasteiger partial charge on any atom is -0.346 e. The highest BCUT2D eigenvalue weighted by Gasteiger charge is 2.10. The number of rotatable bonds is 1. The van der Waals surface area contributed by atoms with Crippen LogP contribution in [0.25, 0.3) is 10.9 Å². The van der Waals surface area contributed by atoms with Crippen LogP contribution < -0.4 is 0 Å². The number of nitriles is 1. The lowest BCUT2D eigenvalue weighted by Gasteiger charge is -2.02. The van der Waals surface area contributed by atoms with Crippen molar-refractivity contribution in [3.8, 4) is 6.07 Å². The van der Waals surface area contributed by atoms with Crippen molar-refractivity contribution >= 4 is 26.8 Å². The van der Waals surface area contributed by atoms with Crippen LogP contribution in [0.1, 0.15) is 18.1 Å². The van der Waals surface area contributed by atoms with Gasteiger partial charge in [-0.1, -0.05) is 15.9 Å². The highest BCUT2D eigenvalue weighted by atomic mass is 79.9. The maximum Gasteiger partial charge on any atom is 0.101 e. The first-order chi connectivity index (χ1) is 7.17. The van der Waals surface area contributed by atoms with Crippen molar-refractivity contribution in [3.05, 3.63) is 33.9 Å². The highest BCUT2D eigenvalue weighted by Crippen LogP contribution is 2.28. The summed E-state index contributed by atoms with van der Waals surface area (Å²) in [5.41, 5.74) is 2.99. The molecule has 0 aliphatic carbocycles. The fourth-order valence-electron chi connectivity index (χ4n) is 1.91. The van der Waals surface area contributed by atoms with E-state index >= 15 is 0 Å². The lowest BCUT2D eigenvalue weighted by Crippen LogP contribution is -1.93. The second-order valence-electron chi connectivity index (χ2n) is 3.56. The third-order valence-corrected chi connectivity index (χ3v) is 3.06. The number of aryl methyl sites for hydroxylation is 2. The molecule has 2 rings (SSSR count). The average Bonchev–Trinajstić information content (AvgIpc) is 2.55. The van der Waals surface area contributed by atoms with Crippen LogP contribution in [0.15, 0.2) is 22.8 Å². The molecule has 1 heterocycles. The maximum atomic E-state index is 9.11. The number of aromatic nitrogens is 1. The van der Waals surface area contributed by atoms with E-state index in [-0.39, 0.29) is 0 Å². The number of halogens is 1. The van der Waals surface area contributed by atoms with Crippen LogP contribution in [-0.2, 0) is 6.54 Å². The molecule has 0 aliphatic heterocycles. The van der Waals surface area contributed by atoms with E-state index in [1.807, 2.05) is 6.07 Å². The second-order valence-corrected chi connectivity index (χ2v) is 4.48. The summed E-state index contributed by atoms with van der Waals surface area (Å²) in [5.74, 6) is 0. The lowest BCUT2D eigenvalue weighted by atomic mass is 10.1. The van der Waals surface area contributed by atoms with E-state index in [0.717, 1.165) is 27.5 Å². The van der Waals surface area contributed by atoms with Crippen LogP contribution in [0.4, 0.5) is 0 Å². The van der Waals surface area contributed by atoms with Crippen molar-refractivity contribution in [2.45, 2.75) is 20.4 Å². The summed E-state index contributed by atoms with van der Waals surface area (Å²) in [7, 11) is 0. The first-order valence-electron chi connectivity index (χ1n) is 4.86. The highest BCUT2D eigenvalue weighted by molar-refractivity contribution is 9.10. The smallest absolute Gasteiger partial charge is 0.101 e. The van der Waals surface area contributed by atoms with Gasteiger partial charge in [0.05, 0.1) is 11.1 Å². The monoisotopic (exact) mass is 262 g/mol. The van der Waals surface area contributed by atoms with E-state index in [1.165, 1.54) is 5.56 Å². The molecule has 0 radical (unpaired) electrons. The predicted octanol–water partition coefficient (Wildman–Crippen LogP) is 3.60. The standard InChI is InChI=1S/C12H11BrN2/c1-3-15-7-8(2)11-5-10(13)4-9(6-14)12(11)15/h4-5,7H,3H2,1-2H3. The summed E-state index contributed by atoms with van der Waals surface area (Å²) < 4.78 is 3.08. The van der Waals surface area contributed by atoms with Crippen LogP contribution in [-0.4, -0.2) is 4.57 Å². The number of nitrogens with zero attached hydrogens (tertiary/aromatic N) is 2. The number of hydrogen-bond acceptors (Lipinski definition) is 1. The molecular formula is C12H11BrN2. The molecular weight excluding hydrogens is 252 g/mol. The Kier molecular flexibility index (Phi) is 2.54. The van der Waals surface area contributed by atoms with Gasteiger partial charge in [-0.15, -0.1) is 0 Å². The molecule has 0 amide bonds. The summed E-state index contributed by atoms with van der Waals surface area (Å²) in [5, 5.41) is 10.3. The predicted molar refractivity (Wildman–Crippen MR) is 64.8 cm³/mol. The SMILES string of the molecule is CCn1cc(C)c2cc(Br)cc(C#N)c21. The van der Waals surface area contributed by atoms with Gasteiger partial charge in [0.1, 0.15) is 6.07 Å². The number of hydrogen-bond donors (Lipinski definition) is 0. The first-order valence-corrected chi connectivity index (χ1v) is 5.65. The average molecular weight is 263 g/mol. The molecule has 0 fully saturated rings. The molecule has 2 nitrogen and oxygen atoms in total. The van der Waals surface area contributed by atoms with Gasteiger partial charge in [-0.3, -0.25) is 0 Å². The Balaban J connectivity index is 2.94. The first kappa shape index (κ1) is 10.3. The summed E-state index contributed by atoms with van der Waals surface area (Å²) in [6.45, 7) is 5.05. The Morgan fingerprint density at radius 3 is 2.80 bits per heavy atom. The number of fused-ring (bicyclic) bond motifs is 1. The largest absolute Gasteiger partial charge is 0.346 e. The van der Waals surface area contributed by atoms with Gasteiger partial charge >= 0.3 is 0 Å². The zero-order chi connectivity index (χ0) is 11.0. The maximum absolute atomic E-state index is 9.11. The Labute approximate surface area is 97.3 Å². The van der Waals surface area contributed by atoms with Gasteiger partial charge in [0.25, 0.3) is 0 Å². The molecule has 0 bridgehead atoms. The molecule has 3 heteroatoms. The summed E-state index contributed by atoms with van der Waals surface area (Å²) in [6, 6.07) is 6.18. The molecule has 15 heavy (non-hydrogen) atoms. The fourth-order valence-corrected chi connectivity index (χ4v) is 2.37. The Morgan fingerprint density at radius 1 is 1.47 bits per heavy atom. The lowest BCUT2D eigenvalue weighted by molar-refractivity contribution is 0.794. The fraction of sp³-hybridized carbons (Fsp3) is 0.250. The molecule has 1 aromatic heterocycles. The van der Waals surface area contributed by atoms with Crippen molar-refractivity contribution in [3.63, 3.8) is 0 Å². The van der Waals surface area contributed by atoms with E-state index in [4.69, 9.17) is 5.26 Å². The quantitative estimate of drug-likeness (QED) is 0.772. The molecule has 0 saturated carbocycles. The van der Waals surface area contributed by atoms with Crippen LogP contribution in [0.2, 0.25) is 0 Å². The molecule has 76 valence electrons. The van der Waals surface area contributed by atoms with Gasteiger partial charge in [-0.05, 0) is 31.5 Å². The van der Waals surface area contributed by atoms with E-state index in [0.29, 0.717) is 0 Å². The van der Waals surface area contributed by atoms with Gasteiger partial charge in [0.15, 0.2) is 0 Å². The van der Waals surface area contributed by atoms with Crippen molar-refractivity contribution in [1.82, 2.24) is 4.57 Å². The van der Waals surface area contributed by atoms with Gasteiger partial charge in [0.2, 0.25) is 0 Å².